The molecule has 0 radical (unpaired) electrons. The molecular formula is C20H20N4O4S. The smallest absolute Gasteiger partial charge is 0.293 e. The van der Waals surface area contributed by atoms with Gasteiger partial charge in [0.15, 0.2) is 5.17 Å². The molecule has 2 aromatic carbocycles. The summed E-state index contributed by atoms with van der Waals surface area (Å²) in [5.41, 5.74) is 1.81. The Hall–Kier alpha value is -3.20. The summed E-state index contributed by atoms with van der Waals surface area (Å²) in [6.07, 6.45) is 0.655. The third-order valence-electron chi connectivity index (χ3n) is 4.27. The lowest BCUT2D eigenvalue weighted by Crippen LogP contribution is -2.28. The maximum absolute atomic E-state index is 12.3. The topological polar surface area (TPSA) is 114 Å². The SMILES string of the molecule is Cc1ccc(NC(=O)C[C@@H]2SC(=NCCc3ccccc3)NC2=O)c([N+](=O)[O-])c1. The highest BCUT2D eigenvalue weighted by molar-refractivity contribution is 8.15. The predicted molar refractivity (Wildman–Crippen MR) is 113 cm³/mol. The molecule has 2 aromatic rings. The number of aliphatic imine (C=N–C) groups is 1. The Morgan fingerprint density at radius 1 is 1.28 bits per heavy atom. The van der Waals surface area contributed by atoms with Crippen LogP contribution in [0, 0.1) is 17.0 Å². The second-order valence-corrected chi connectivity index (χ2v) is 7.74. The number of hydrogen-bond donors (Lipinski definition) is 2. The van der Waals surface area contributed by atoms with E-state index >= 15 is 0 Å². The van der Waals surface area contributed by atoms with Crippen molar-refractivity contribution in [3.05, 3.63) is 69.8 Å². The van der Waals surface area contributed by atoms with Gasteiger partial charge in [-0.25, -0.2) is 0 Å². The van der Waals surface area contributed by atoms with Crippen LogP contribution < -0.4 is 10.6 Å². The van der Waals surface area contributed by atoms with Gasteiger partial charge >= 0.3 is 0 Å². The van der Waals surface area contributed by atoms with E-state index in [9.17, 15) is 19.7 Å². The number of nitro groups is 1. The lowest BCUT2D eigenvalue weighted by Gasteiger charge is -2.08. The Balaban J connectivity index is 1.55. The van der Waals surface area contributed by atoms with E-state index in [0.29, 0.717) is 11.7 Å². The van der Waals surface area contributed by atoms with Crippen LogP contribution in [0.1, 0.15) is 17.5 Å². The first-order valence-corrected chi connectivity index (χ1v) is 9.91. The minimum Gasteiger partial charge on any atom is -0.320 e. The Labute approximate surface area is 171 Å². The maximum Gasteiger partial charge on any atom is 0.293 e. The molecule has 1 fully saturated rings. The number of anilines is 1. The highest BCUT2D eigenvalue weighted by Gasteiger charge is 2.32. The van der Waals surface area contributed by atoms with Crippen molar-refractivity contribution < 1.29 is 14.5 Å². The van der Waals surface area contributed by atoms with E-state index < -0.39 is 16.1 Å². The number of nitro benzene ring substituents is 1. The van der Waals surface area contributed by atoms with Crippen molar-refractivity contribution in [1.82, 2.24) is 5.32 Å². The van der Waals surface area contributed by atoms with E-state index in [2.05, 4.69) is 15.6 Å². The molecule has 0 spiro atoms. The fourth-order valence-corrected chi connectivity index (χ4v) is 3.81. The number of amidine groups is 1. The molecule has 1 heterocycles. The third kappa shape index (κ3) is 5.64. The molecule has 0 bridgehead atoms. The Morgan fingerprint density at radius 2 is 2.03 bits per heavy atom. The van der Waals surface area contributed by atoms with Gasteiger partial charge in [-0.05, 0) is 30.5 Å². The van der Waals surface area contributed by atoms with Gasteiger partial charge in [0.25, 0.3) is 5.69 Å². The highest BCUT2D eigenvalue weighted by Crippen LogP contribution is 2.27. The summed E-state index contributed by atoms with van der Waals surface area (Å²) >= 11 is 1.20. The second kappa shape index (κ2) is 9.33. The van der Waals surface area contributed by atoms with Crippen molar-refractivity contribution in [2.75, 3.05) is 11.9 Å². The largest absolute Gasteiger partial charge is 0.320 e. The van der Waals surface area contributed by atoms with Gasteiger partial charge in [0, 0.05) is 19.0 Å². The Bertz CT molecular complexity index is 962. The molecular weight excluding hydrogens is 392 g/mol. The molecule has 9 heteroatoms. The fourth-order valence-electron chi connectivity index (χ4n) is 2.81. The van der Waals surface area contributed by atoms with E-state index in [1.807, 2.05) is 30.3 Å². The number of rotatable bonds is 7. The zero-order valence-electron chi connectivity index (χ0n) is 15.8. The lowest BCUT2D eigenvalue weighted by molar-refractivity contribution is -0.384. The van der Waals surface area contributed by atoms with Gasteiger partial charge in [0.05, 0.1) is 4.92 Å². The molecule has 2 N–H and O–H groups in total. The molecule has 0 aromatic heterocycles. The number of hydrogen-bond acceptors (Lipinski definition) is 6. The maximum atomic E-state index is 12.3. The van der Waals surface area contributed by atoms with Gasteiger partial charge < -0.3 is 10.6 Å². The number of amides is 2. The lowest BCUT2D eigenvalue weighted by atomic mass is 10.2. The first-order valence-electron chi connectivity index (χ1n) is 9.03. The summed E-state index contributed by atoms with van der Waals surface area (Å²) in [6.45, 7) is 2.26. The van der Waals surface area contributed by atoms with Crippen molar-refractivity contribution in [2.45, 2.75) is 25.0 Å². The number of thioether (sulfide) groups is 1. The molecule has 2 amide bonds. The fraction of sp³-hybridized carbons (Fsp3) is 0.250. The van der Waals surface area contributed by atoms with Crippen LogP contribution in [0.4, 0.5) is 11.4 Å². The van der Waals surface area contributed by atoms with Crippen LogP contribution in [0.15, 0.2) is 53.5 Å². The summed E-state index contributed by atoms with van der Waals surface area (Å²) in [7, 11) is 0. The number of carbonyl (C=O) groups excluding carboxylic acids is 2. The molecule has 8 nitrogen and oxygen atoms in total. The van der Waals surface area contributed by atoms with Crippen LogP contribution in [0.25, 0.3) is 0 Å². The molecule has 0 saturated carbocycles. The van der Waals surface area contributed by atoms with Crippen molar-refractivity contribution in [1.29, 1.82) is 0 Å². The number of benzene rings is 2. The molecule has 1 atom stereocenters. The van der Waals surface area contributed by atoms with Crippen LogP contribution in [0.5, 0.6) is 0 Å². The zero-order chi connectivity index (χ0) is 20.8. The molecule has 1 aliphatic rings. The van der Waals surface area contributed by atoms with E-state index in [1.165, 1.54) is 23.9 Å². The summed E-state index contributed by atoms with van der Waals surface area (Å²) in [4.78, 5) is 39.4. The summed E-state index contributed by atoms with van der Waals surface area (Å²) in [5, 5.41) is 16.3. The highest BCUT2D eigenvalue weighted by atomic mass is 32.2. The standard InChI is InChI=1S/C20H20N4O4S/c1-13-7-8-15(16(11-13)24(27)28)22-18(25)12-17-19(26)23-20(29-17)21-10-9-14-5-3-2-4-6-14/h2-8,11,17H,9-10,12H2,1H3,(H,22,25)(H,21,23,26)/t17-/m0/s1. The van der Waals surface area contributed by atoms with Gasteiger partial charge in [0.2, 0.25) is 11.8 Å². The quantitative estimate of drug-likeness (QED) is 0.536. The van der Waals surface area contributed by atoms with Gasteiger partial charge in [-0.15, -0.1) is 0 Å². The van der Waals surface area contributed by atoms with E-state index in [4.69, 9.17) is 0 Å². The van der Waals surface area contributed by atoms with Gasteiger partial charge in [-0.3, -0.25) is 24.7 Å². The summed E-state index contributed by atoms with van der Waals surface area (Å²) in [5.74, 6) is -0.753. The molecule has 0 aliphatic carbocycles. The van der Waals surface area contributed by atoms with Gasteiger partial charge in [-0.1, -0.05) is 48.2 Å². The molecule has 1 aliphatic heterocycles. The third-order valence-corrected chi connectivity index (χ3v) is 5.39. The van der Waals surface area contributed by atoms with E-state index in [0.717, 1.165) is 17.5 Å². The number of nitrogens with one attached hydrogen (secondary N) is 2. The molecule has 29 heavy (non-hydrogen) atoms. The number of carbonyl (C=O) groups is 2. The van der Waals surface area contributed by atoms with Crippen molar-refractivity contribution in [3.8, 4) is 0 Å². The monoisotopic (exact) mass is 412 g/mol. The number of nitrogens with zero attached hydrogens (tertiary/aromatic N) is 2. The van der Waals surface area contributed by atoms with Gasteiger partial charge in [0.1, 0.15) is 10.9 Å². The zero-order valence-corrected chi connectivity index (χ0v) is 16.6. The normalized spacial score (nSPS) is 17.2. The van der Waals surface area contributed by atoms with Crippen LogP contribution >= 0.6 is 11.8 Å². The van der Waals surface area contributed by atoms with Crippen LogP contribution in [-0.4, -0.2) is 33.7 Å². The first-order chi connectivity index (χ1) is 13.9. The van der Waals surface area contributed by atoms with Crippen LogP contribution in [0.2, 0.25) is 0 Å². The van der Waals surface area contributed by atoms with Crippen molar-refractivity contribution in [2.24, 2.45) is 4.99 Å². The van der Waals surface area contributed by atoms with Crippen LogP contribution in [-0.2, 0) is 16.0 Å². The molecule has 3 rings (SSSR count). The number of aryl methyl sites for hydroxylation is 1. The van der Waals surface area contributed by atoms with Gasteiger partial charge in [-0.2, -0.15) is 0 Å². The average Bonchev–Trinajstić information content (AvgIpc) is 3.03. The van der Waals surface area contributed by atoms with Crippen LogP contribution in [0.3, 0.4) is 0 Å². The Morgan fingerprint density at radius 3 is 2.76 bits per heavy atom. The first kappa shape index (κ1) is 20.5. The van der Waals surface area contributed by atoms with E-state index in [1.54, 1.807) is 13.0 Å². The minimum atomic E-state index is -0.616. The van der Waals surface area contributed by atoms with Crippen molar-refractivity contribution in [3.63, 3.8) is 0 Å². The Kier molecular flexibility index (Phi) is 6.61. The molecule has 1 saturated heterocycles. The average molecular weight is 412 g/mol. The predicted octanol–water partition coefficient (Wildman–Crippen LogP) is 3.06. The van der Waals surface area contributed by atoms with E-state index in [-0.39, 0.29) is 23.7 Å². The second-order valence-electron chi connectivity index (χ2n) is 6.55. The van der Waals surface area contributed by atoms with Crippen molar-refractivity contribution >= 4 is 40.1 Å². The summed E-state index contributed by atoms with van der Waals surface area (Å²) < 4.78 is 0. The summed E-state index contributed by atoms with van der Waals surface area (Å²) in [6, 6.07) is 14.5. The molecule has 0 unspecified atom stereocenters. The molecule has 150 valence electrons. The minimum absolute atomic E-state index is 0.0980.